The van der Waals surface area contributed by atoms with Crippen LogP contribution in [0.4, 0.5) is 0 Å². The second kappa shape index (κ2) is 7.06. The standard InChI is InChI=1S/C18H20.W/c1-13(2)15-7-5-9-17(11-15)18-10-6-8-16(12-18)14(3)4;/h5-8,11-14H,1-4H3;/q-2;+2. The van der Waals surface area contributed by atoms with Crippen LogP contribution in [-0.2, 0) is 21.1 Å². The molecular formula is C18H20W. The van der Waals surface area contributed by atoms with Gasteiger partial charge < -0.3 is 0 Å². The van der Waals surface area contributed by atoms with Crippen molar-refractivity contribution in [3.05, 3.63) is 59.7 Å². The topological polar surface area (TPSA) is 0 Å². The zero-order valence-electron chi connectivity index (χ0n) is 12.0. The first kappa shape index (κ1) is 16.2. The van der Waals surface area contributed by atoms with Gasteiger partial charge in [0.1, 0.15) is 0 Å². The molecule has 0 amide bonds. The average molecular weight is 420 g/mol. The van der Waals surface area contributed by atoms with E-state index in [1.165, 1.54) is 11.1 Å². The third-order valence-electron chi connectivity index (χ3n) is 3.27. The van der Waals surface area contributed by atoms with Gasteiger partial charge in [-0.3, -0.25) is 0 Å². The molecule has 0 nitrogen and oxygen atoms in total. The summed E-state index contributed by atoms with van der Waals surface area (Å²) in [7, 11) is 0. The molecule has 0 atom stereocenters. The quantitative estimate of drug-likeness (QED) is 0.600. The summed E-state index contributed by atoms with van der Waals surface area (Å²) in [6, 6.07) is 19.4. The van der Waals surface area contributed by atoms with Crippen LogP contribution in [0.15, 0.2) is 36.4 Å². The van der Waals surface area contributed by atoms with E-state index in [-0.39, 0.29) is 21.1 Å². The smallest absolute Gasteiger partial charge is 0.226 e. The SMILES string of the molecule is CC(C)c1cc[c-]c(-c2[c-]ccc(C(C)C)c2)c1.[W+2]. The van der Waals surface area contributed by atoms with Gasteiger partial charge in [-0.2, -0.15) is 36.4 Å². The molecule has 0 aliphatic carbocycles. The molecule has 0 spiro atoms. The Kier molecular flexibility index (Phi) is 6.01. The van der Waals surface area contributed by atoms with E-state index in [1.54, 1.807) is 0 Å². The third-order valence-corrected chi connectivity index (χ3v) is 3.27. The van der Waals surface area contributed by atoms with E-state index < -0.39 is 0 Å². The van der Waals surface area contributed by atoms with Crippen LogP contribution in [0.3, 0.4) is 0 Å². The minimum atomic E-state index is 0. The largest absolute Gasteiger partial charge is 2.00 e. The van der Waals surface area contributed by atoms with Crippen LogP contribution in [0, 0.1) is 12.1 Å². The Hall–Kier alpha value is -0.872. The van der Waals surface area contributed by atoms with E-state index in [4.69, 9.17) is 0 Å². The van der Waals surface area contributed by atoms with Crippen molar-refractivity contribution in [2.45, 2.75) is 39.5 Å². The fourth-order valence-corrected chi connectivity index (χ4v) is 2.00. The predicted molar refractivity (Wildman–Crippen MR) is 77.7 cm³/mol. The molecule has 0 aliphatic heterocycles. The summed E-state index contributed by atoms with van der Waals surface area (Å²) in [5.41, 5.74) is 4.99. The van der Waals surface area contributed by atoms with Gasteiger partial charge in [-0.1, -0.05) is 27.7 Å². The molecule has 2 aromatic rings. The normalized spacial score (nSPS) is 10.6. The molecule has 0 N–H and O–H groups in total. The predicted octanol–water partition coefficient (Wildman–Crippen LogP) is 5.20. The van der Waals surface area contributed by atoms with Crippen molar-refractivity contribution in [1.82, 2.24) is 0 Å². The van der Waals surface area contributed by atoms with E-state index in [2.05, 4.69) is 64.1 Å². The minimum absolute atomic E-state index is 0. The first-order valence-electron chi connectivity index (χ1n) is 6.61. The van der Waals surface area contributed by atoms with E-state index in [1.807, 2.05) is 12.1 Å². The third kappa shape index (κ3) is 4.05. The zero-order valence-corrected chi connectivity index (χ0v) is 15.0. The first-order valence-corrected chi connectivity index (χ1v) is 6.61. The Morgan fingerprint density at radius 3 is 1.42 bits per heavy atom. The van der Waals surface area contributed by atoms with Crippen LogP contribution < -0.4 is 0 Å². The summed E-state index contributed by atoms with van der Waals surface area (Å²) in [5.74, 6) is 1.10. The van der Waals surface area contributed by atoms with Crippen LogP contribution in [0.5, 0.6) is 0 Å². The summed E-state index contributed by atoms with van der Waals surface area (Å²) >= 11 is 0. The van der Waals surface area contributed by atoms with E-state index in [0.717, 1.165) is 11.1 Å². The summed E-state index contributed by atoms with van der Waals surface area (Å²) in [6.07, 6.45) is 0. The molecule has 19 heavy (non-hydrogen) atoms. The molecule has 0 aliphatic rings. The van der Waals surface area contributed by atoms with Gasteiger partial charge in [0.05, 0.1) is 0 Å². The van der Waals surface area contributed by atoms with E-state index in [0.29, 0.717) is 11.8 Å². The van der Waals surface area contributed by atoms with Crippen molar-refractivity contribution in [1.29, 1.82) is 0 Å². The zero-order chi connectivity index (χ0) is 13.1. The van der Waals surface area contributed by atoms with Crippen molar-refractivity contribution in [2.75, 3.05) is 0 Å². The van der Waals surface area contributed by atoms with Gasteiger partial charge in [0.2, 0.25) is 0 Å². The van der Waals surface area contributed by atoms with Gasteiger partial charge in [0.25, 0.3) is 0 Å². The monoisotopic (exact) mass is 420 g/mol. The van der Waals surface area contributed by atoms with Gasteiger partial charge in [0.15, 0.2) is 0 Å². The van der Waals surface area contributed by atoms with Crippen molar-refractivity contribution in [2.24, 2.45) is 0 Å². The molecule has 2 aromatic carbocycles. The minimum Gasteiger partial charge on any atom is -0.226 e. The molecule has 1 heteroatoms. The second-order valence-electron chi connectivity index (χ2n) is 5.38. The van der Waals surface area contributed by atoms with Crippen molar-refractivity contribution in [3.63, 3.8) is 0 Å². The number of benzene rings is 2. The van der Waals surface area contributed by atoms with Crippen molar-refractivity contribution in [3.8, 4) is 11.1 Å². The van der Waals surface area contributed by atoms with Crippen molar-refractivity contribution < 1.29 is 21.1 Å². The molecule has 0 bridgehead atoms. The molecule has 0 fully saturated rings. The molecule has 0 heterocycles. The summed E-state index contributed by atoms with van der Waals surface area (Å²) in [5, 5.41) is 0. The van der Waals surface area contributed by atoms with Gasteiger partial charge in [0, 0.05) is 0 Å². The van der Waals surface area contributed by atoms with E-state index >= 15 is 0 Å². The van der Waals surface area contributed by atoms with Crippen LogP contribution in [-0.4, -0.2) is 0 Å². The molecule has 0 aromatic heterocycles. The van der Waals surface area contributed by atoms with Crippen LogP contribution in [0.25, 0.3) is 11.1 Å². The Morgan fingerprint density at radius 2 is 1.11 bits per heavy atom. The Bertz CT molecular complexity index is 477. The Balaban J connectivity index is 0.00000180. The van der Waals surface area contributed by atoms with Gasteiger partial charge in [-0.25, -0.2) is 11.1 Å². The molecule has 0 saturated carbocycles. The fraction of sp³-hybridized carbons (Fsp3) is 0.333. The molecule has 0 saturated heterocycles. The molecular weight excluding hydrogens is 400 g/mol. The summed E-state index contributed by atoms with van der Waals surface area (Å²) in [6.45, 7) is 8.86. The molecule has 0 unspecified atom stereocenters. The molecule has 2 rings (SSSR count). The van der Waals surface area contributed by atoms with E-state index in [9.17, 15) is 0 Å². The summed E-state index contributed by atoms with van der Waals surface area (Å²) in [4.78, 5) is 0. The first-order chi connectivity index (χ1) is 8.58. The number of hydrogen-bond donors (Lipinski definition) is 0. The maximum atomic E-state index is 3.31. The molecule has 0 radical (unpaired) electrons. The van der Waals surface area contributed by atoms with Crippen LogP contribution >= 0.6 is 0 Å². The summed E-state index contributed by atoms with van der Waals surface area (Å²) < 4.78 is 0. The Morgan fingerprint density at radius 1 is 0.737 bits per heavy atom. The second-order valence-corrected chi connectivity index (χ2v) is 5.38. The number of rotatable bonds is 3. The Labute approximate surface area is 131 Å². The van der Waals surface area contributed by atoms with Gasteiger partial charge in [-0.05, 0) is 11.8 Å². The average Bonchev–Trinajstić information content (AvgIpc) is 2.39. The van der Waals surface area contributed by atoms with Gasteiger partial charge in [-0.15, -0.1) is 23.3 Å². The maximum Gasteiger partial charge on any atom is 2.00 e. The van der Waals surface area contributed by atoms with Crippen molar-refractivity contribution >= 4 is 0 Å². The van der Waals surface area contributed by atoms with Crippen LogP contribution in [0.2, 0.25) is 0 Å². The maximum absolute atomic E-state index is 3.31. The molecule has 98 valence electrons. The number of hydrogen-bond acceptors (Lipinski definition) is 0. The fourth-order valence-electron chi connectivity index (χ4n) is 2.00. The van der Waals surface area contributed by atoms with Gasteiger partial charge >= 0.3 is 21.1 Å². The van der Waals surface area contributed by atoms with Crippen LogP contribution in [0.1, 0.15) is 50.7 Å².